The second kappa shape index (κ2) is 4.17. The maximum Gasteiger partial charge on any atom is 0.116 e. The number of nitrogens with two attached hydrogens (primary N) is 1. The van der Waals surface area contributed by atoms with E-state index in [1.807, 2.05) is 13.8 Å². The van der Waals surface area contributed by atoms with Gasteiger partial charge in [-0.2, -0.15) is 0 Å². The van der Waals surface area contributed by atoms with Crippen LogP contribution >= 0.6 is 0 Å². The van der Waals surface area contributed by atoms with Gasteiger partial charge in [-0.3, -0.25) is 0 Å². The predicted octanol–water partition coefficient (Wildman–Crippen LogP) is 3.07. The van der Waals surface area contributed by atoms with Crippen LogP contribution in [0.2, 0.25) is 0 Å². The quantitative estimate of drug-likeness (QED) is 0.816. The Labute approximate surface area is 96.9 Å². The zero-order valence-corrected chi connectivity index (χ0v) is 10.1. The van der Waals surface area contributed by atoms with Gasteiger partial charge in [0.25, 0.3) is 0 Å². The summed E-state index contributed by atoms with van der Waals surface area (Å²) in [6, 6.07) is 6.29. The van der Waals surface area contributed by atoms with Gasteiger partial charge in [-0.15, -0.1) is 0 Å². The van der Waals surface area contributed by atoms with E-state index in [-0.39, 0.29) is 6.04 Å². The van der Waals surface area contributed by atoms with Gasteiger partial charge in [0.15, 0.2) is 0 Å². The lowest BCUT2D eigenvalue weighted by Gasteiger charge is -2.20. The van der Waals surface area contributed by atoms with E-state index >= 15 is 0 Å². The van der Waals surface area contributed by atoms with Gasteiger partial charge in [0.05, 0.1) is 0 Å². The van der Waals surface area contributed by atoms with Gasteiger partial charge in [0.1, 0.15) is 5.67 Å². The van der Waals surface area contributed by atoms with Crippen molar-refractivity contribution in [2.24, 2.45) is 5.73 Å². The minimum Gasteiger partial charge on any atom is -0.328 e. The number of hydrogen-bond donors (Lipinski definition) is 1. The zero-order valence-electron chi connectivity index (χ0n) is 10.1. The molecule has 2 unspecified atom stereocenters. The van der Waals surface area contributed by atoms with Gasteiger partial charge >= 0.3 is 0 Å². The fourth-order valence-corrected chi connectivity index (χ4v) is 2.61. The Morgan fingerprint density at radius 3 is 2.81 bits per heavy atom. The third-order valence-electron chi connectivity index (χ3n) is 3.60. The van der Waals surface area contributed by atoms with Crippen LogP contribution in [-0.4, -0.2) is 11.7 Å². The summed E-state index contributed by atoms with van der Waals surface area (Å²) in [5.41, 5.74) is 8.24. The van der Waals surface area contributed by atoms with Crippen LogP contribution in [0.25, 0.3) is 0 Å². The highest BCUT2D eigenvalue weighted by Crippen LogP contribution is 2.36. The van der Waals surface area contributed by atoms with Crippen molar-refractivity contribution in [1.29, 1.82) is 0 Å². The number of halogens is 1. The molecule has 0 heterocycles. The molecule has 2 atom stereocenters. The summed E-state index contributed by atoms with van der Waals surface area (Å²) < 4.78 is 14.5. The van der Waals surface area contributed by atoms with Crippen LogP contribution < -0.4 is 5.73 Å². The van der Waals surface area contributed by atoms with Crippen molar-refractivity contribution >= 4 is 0 Å². The molecule has 88 valence electrons. The molecule has 16 heavy (non-hydrogen) atoms. The summed E-state index contributed by atoms with van der Waals surface area (Å²) in [6.45, 7) is 4.10. The molecule has 2 heteroatoms. The van der Waals surface area contributed by atoms with Gasteiger partial charge in [-0.25, -0.2) is 4.39 Å². The van der Waals surface area contributed by atoms with Crippen molar-refractivity contribution < 1.29 is 4.39 Å². The van der Waals surface area contributed by atoms with Crippen molar-refractivity contribution in [2.75, 3.05) is 0 Å². The number of rotatable bonds is 2. The second-order valence-electron chi connectivity index (χ2n) is 5.26. The fraction of sp³-hybridized carbons (Fsp3) is 0.571. The van der Waals surface area contributed by atoms with Gasteiger partial charge in [-0.05, 0) is 44.2 Å². The average Bonchev–Trinajstić information content (AvgIpc) is 2.52. The van der Waals surface area contributed by atoms with E-state index in [1.54, 1.807) is 0 Å². The van der Waals surface area contributed by atoms with Gasteiger partial charge < -0.3 is 5.73 Å². The molecule has 1 aromatic rings. The van der Waals surface area contributed by atoms with E-state index in [1.165, 1.54) is 11.1 Å². The first-order chi connectivity index (χ1) is 7.48. The minimum absolute atomic E-state index is 0.0510. The Morgan fingerprint density at radius 1 is 1.44 bits per heavy atom. The van der Waals surface area contributed by atoms with Crippen molar-refractivity contribution in [2.45, 2.75) is 51.2 Å². The number of alkyl halides is 1. The van der Waals surface area contributed by atoms with Crippen LogP contribution in [0.1, 0.15) is 36.0 Å². The monoisotopic (exact) mass is 221 g/mol. The molecule has 0 aliphatic heterocycles. The highest BCUT2D eigenvalue weighted by Gasteiger charge is 2.38. The van der Waals surface area contributed by atoms with E-state index in [0.717, 1.165) is 12.0 Å². The molecule has 0 radical (unpaired) electrons. The Bertz CT molecular complexity index is 388. The largest absolute Gasteiger partial charge is 0.328 e. The van der Waals surface area contributed by atoms with Gasteiger partial charge in [0, 0.05) is 12.5 Å². The third-order valence-corrected chi connectivity index (χ3v) is 3.60. The summed E-state index contributed by atoms with van der Waals surface area (Å²) in [7, 11) is 0. The third kappa shape index (κ3) is 2.43. The summed E-state index contributed by atoms with van der Waals surface area (Å²) in [4.78, 5) is 0. The Hall–Kier alpha value is -0.890. The second-order valence-corrected chi connectivity index (χ2v) is 5.26. The molecule has 1 fully saturated rings. The molecule has 1 aliphatic carbocycles. The summed E-state index contributed by atoms with van der Waals surface area (Å²) in [5.74, 6) is 0. The normalized spacial score (nSPS) is 29.6. The fourth-order valence-electron chi connectivity index (χ4n) is 2.61. The highest BCUT2D eigenvalue weighted by atomic mass is 19.1. The van der Waals surface area contributed by atoms with Crippen LogP contribution in [0.5, 0.6) is 0 Å². The van der Waals surface area contributed by atoms with Gasteiger partial charge in [-0.1, -0.05) is 23.8 Å². The zero-order chi connectivity index (χ0) is 11.8. The first-order valence-corrected chi connectivity index (χ1v) is 5.99. The van der Waals surface area contributed by atoms with E-state index in [9.17, 15) is 4.39 Å². The maximum atomic E-state index is 14.5. The van der Waals surface area contributed by atoms with Crippen LogP contribution in [0, 0.1) is 13.8 Å². The molecule has 0 amide bonds. The Morgan fingerprint density at radius 2 is 2.19 bits per heavy atom. The van der Waals surface area contributed by atoms with Crippen LogP contribution in [-0.2, 0) is 6.42 Å². The molecule has 2 N–H and O–H groups in total. The smallest absolute Gasteiger partial charge is 0.116 e. The van der Waals surface area contributed by atoms with Crippen LogP contribution in [0.3, 0.4) is 0 Å². The molecule has 1 saturated carbocycles. The molecule has 1 aromatic carbocycles. The van der Waals surface area contributed by atoms with Crippen molar-refractivity contribution in [3.63, 3.8) is 0 Å². The maximum absolute atomic E-state index is 14.5. The molecule has 0 aromatic heterocycles. The lowest BCUT2D eigenvalue weighted by Crippen LogP contribution is -2.26. The van der Waals surface area contributed by atoms with Crippen LogP contribution in [0.15, 0.2) is 18.2 Å². The standard InChI is InChI=1S/C14H20FN/c1-10-3-4-11(2)12(7-10)8-14(15)6-5-13(16)9-14/h3-4,7,13H,5-6,8-9,16H2,1-2H3. The molecule has 0 spiro atoms. The van der Waals surface area contributed by atoms with Crippen molar-refractivity contribution in [3.8, 4) is 0 Å². The van der Waals surface area contributed by atoms with E-state index in [0.29, 0.717) is 19.3 Å². The number of aryl methyl sites for hydroxylation is 2. The molecule has 1 nitrogen and oxygen atoms in total. The topological polar surface area (TPSA) is 26.0 Å². The molecule has 1 aliphatic rings. The van der Waals surface area contributed by atoms with E-state index in [4.69, 9.17) is 5.73 Å². The molecule has 0 bridgehead atoms. The lowest BCUT2D eigenvalue weighted by atomic mass is 9.91. The molecule has 2 rings (SSSR count). The van der Waals surface area contributed by atoms with E-state index in [2.05, 4.69) is 18.2 Å². The summed E-state index contributed by atoms with van der Waals surface area (Å²) in [6.07, 6.45) is 2.47. The van der Waals surface area contributed by atoms with Crippen molar-refractivity contribution in [3.05, 3.63) is 34.9 Å². The van der Waals surface area contributed by atoms with Gasteiger partial charge in [0.2, 0.25) is 0 Å². The average molecular weight is 221 g/mol. The summed E-state index contributed by atoms with van der Waals surface area (Å²) in [5, 5.41) is 0. The first-order valence-electron chi connectivity index (χ1n) is 5.99. The Balaban J connectivity index is 2.17. The summed E-state index contributed by atoms with van der Waals surface area (Å²) >= 11 is 0. The predicted molar refractivity (Wildman–Crippen MR) is 65.3 cm³/mol. The highest BCUT2D eigenvalue weighted by molar-refractivity contribution is 5.32. The molecular formula is C14H20FN. The molecular weight excluding hydrogens is 201 g/mol. The Kier molecular flexibility index (Phi) is 3.02. The first kappa shape index (κ1) is 11.6. The van der Waals surface area contributed by atoms with Crippen molar-refractivity contribution in [1.82, 2.24) is 0 Å². The SMILES string of the molecule is Cc1ccc(C)c(CC2(F)CCC(N)C2)c1. The van der Waals surface area contributed by atoms with Crippen LogP contribution in [0.4, 0.5) is 4.39 Å². The minimum atomic E-state index is -1.07. The lowest BCUT2D eigenvalue weighted by molar-refractivity contribution is 0.170. The number of hydrogen-bond acceptors (Lipinski definition) is 1. The number of benzene rings is 1. The molecule has 0 saturated heterocycles. The van der Waals surface area contributed by atoms with E-state index < -0.39 is 5.67 Å².